The first-order chi connectivity index (χ1) is 9.55. The van der Waals surface area contributed by atoms with Crippen LogP contribution in [0.4, 0.5) is 13.2 Å². The Balaban J connectivity index is 2.10. The summed E-state index contributed by atoms with van der Waals surface area (Å²) >= 11 is 0. The molecule has 0 amide bonds. The second kappa shape index (κ2) is 4.90. The minimum absolute atomic E-state index is 0.514. The van der Waals surface area contributed by atoms with Crippen LogP contribution < -0.4 is 0 Å². The molecule has 0 atom stereocenters. The third-order valence-electron chi connectivity index (χ3n) is 3.39. The predicted molar refractivity (Wildman–Crippen MR) is 68.0 cm³/mol. The minimum Gasteiger partial charge on any atom is -0.376 e. The van der Waals surface area contributed by atoms with Crippen molar-refractivity contribution < 1.29 is 17.9 Å². The van der Waals surface area contributed by atoms with Crippen molar-refractivity contribution >= 4 is 0 Å². The molecule has 2 heterocycles. The number of ether oxygens (including phenoxy) is 1. The molecule has 1 aliphatic rings. The van der Waals surface area contributed by atoms with Gasteiger partial charge in [0.25, 0.3) is 0 Å². The zero-order chi connectivity index (χ0) is 14.2. The van der Waals surface area contributed by atoms with Gasteiger partial charge in [-0.25, -0.2) is 0 Å². The van der Waals surface area contributed by atoms with Crippen molar-refractivity contribution in [3.05, 3.63) is 53.3 Å². The fourth-order valence-electron chi connectivity index (χ4n) is 2.45. The highest BCUT2D eigenvalue weighted by Crippen LogP contribution is 2.33. The lowest BCUT2D eigenvalue weighted by Gasteiger charge is -2.20. The van der Waals surface area contributed by atoms with E-state index in [-0.39, 0.29) is 0 Å². The van der Waals surface area contributed by atoms with Gasteiger partial charge in [-0.1, -0.05) is 18.2 Å². The summed E-state index contributed by atoms with van der Waals surface area (Å²) in [6.07, 6.45) is -2.50. The summed E-state index contributed by atoms with van der Waals surface area (Å²) in [5.41, 5.74) is 2.63. The van der Waals surface area contributed by atoms with Gasteiger partial charge in [0.1, 0.15) is 5.69 Å². The maximum Gasteiger partial charge on any atom is 0.433 e. The van der Waals surface area contributed by atoms with Crippen molar-refractivity contribution in [1.82, 2.24) is 4.98 Å². The summed E-state index contributed by atoms with van der Waals surface area (Å²) < 4.78 is 43.6. The highest BCUT2D eigenvalue weighted by atomic mass is 19.4. The van der Waals surface area contributed by atoms with Crippen LogP contribution in [0.25, 0.3) is 11.1 Å². The van der Waals surface area contributed by atoms with E-state index >= 15 is 0 Å². The molecule has 3 rings (SSSR count). The predicted octanol–water partition coefficient (Wildman–Crippen LogP) is 3.84. The summed E-state index contributed by atoms with van der Waals surface area (Å²) in [7, 11) is 0. The van der Waals surface area contributed by atoms with Crippen LogP contribution in [0.5, 0.6) is 0 Å². The zero-order valence-electron chi connectivity index (χ0n) is 10.6. The van der Waals surface area contributed by atoms with Gasteiger partial charge in [0, 0.05) is 6.20 Å². The van der Waals surface area contributed by atoms with E-state index in [0.717, 1.165) is 29.2 Å². The molecule has 0 unspecified atom stereocenters. The van der Waals surface area contributed by atoms with Crippen LogP contribution in [0, 0.1) is 0 Å². The van der Waals surface area contributed by atoms with E-state index in [4.69, 9.17) is 4.74 Å². The van der Waals surface area contributed by atoms with Gasteiger partial charge in [-0.3, -0.25) is 4.98 Å². The van der Waals surface area contributed by atoms with Gasteiger partial charge in [-0.15, -0.1) is 0 Å². The lowest BCUT2D eigenvalue weighted by molar-refractivity contribution is -0.141. The Bertz CT molecular complexity index is 637. The average molecular weight is 279 g/mol. The van der Waals surface area contributed by atoms with Crippen LogP contribution in [0.3, 0.4) is 0 Å². The SMILES string of the molecule is FC(F)(F)c1cc(-c2cccc3c2CCOC3)ccn1. The van der Waals surface area contributed by atoms with Crippen molar-refractivity contribution in [2.24, 2.45) is 0 Å². The zero-order valence-corrected chi connectivity index (χ0v) is 10.6. The number of alkyl halides is 3. The van der Waals surface area contributed by atoms with Crippen molar-refractivity contribution in [2.75, 3.05) is 6.61 Å². The van der Waals surface area contributed by atoms with Crippen LogP contribution in [0.15, 0.2) is 36.5 Å². The van der Waals surface area contributed by atoms with Crippen LogP contribution in [0.1, 0.15) is 16.8 Å². The van der Waals surface area contributed by atoms with E-state index in [0.29, 0.717) is 18.8 Å². The number of nitrogens with zero attached hydrogens (tertiary/aromatic N) is 1. The van der Waals surface area contributed by atoms with Crippen molar-refractivity contribution in [1.29, 1.82) is 0 Å². The lowest BCUT2D eigenvalue weighted by Crippen LogP contribution is -2.11. The molecule has 0 spiro atoms. The van der Waals surface area contributed by atoms with E-state index in [1.54, 1.807) is 6.07 Å². The van der Waals surface area contributed by atoms with E-state index < -0.39 is 11.9 Å². The topological polar surface area (TPSA) is 22.1 Å². The third-order valence-corrected chi connectivity index (χ3v) is 3.39. The van der Waals surface area contributed by atoms with Gasteiger partial charge in [0.2, 0.25) is 0 Å². The Labute approximate surface area is 114 Å². The number of hydrogen-bond donors (Lipinski definition) is 0. The number of hydrogen-bond acceptors (Lipinski definition) is 2. The van der Waals surface area contributed by atoms with Gasteiger partial charge in [0.05, 0.1) is 13.2 Å². The molecule has 2 nitrogen and oxygen atoms in total. The molecule has 0 N–H and O–H groups in total. The maximum absolute atomic E-state index is 12.7. The van der Waals surface area contributed by atoms with Gasteiger partial charge in [-0.05, 0) is 40.8 Å². The first kappa shape index (κ1) is 13.1. The molecule has 1 aromatic heterocycles. The van der Waals surface area contributed by atoms with Gasteiger partial charge < -0.3 is 4.74 Å². The van der Waals surface area contributed by atoms with Crippen molar-refractivity contribution in [3.8, 4) is 11.1 Å². The quantitative estimate of drug-likeness (QED) is 0.791. The van der Waals surface area contributed by atoms with E-state index in [9.17, 15) is 13.2 Å². The maximum atomic E-state index is 12.7. The number of benzene rings is 1. The summed E-state index contributed by atoms with van der Waals surface area (Å²) in [4.78, 5) is 3.40. The number of aromatic nitrogens is 1. The number of fused-ring (bicyclic) bond motifs is 1. The van der Waals surface area contributed by atoms with Crippen LogP contribution >= 0.6 is 0 Å². The first-order valence-corrected chi connectivity index (χ1v) is 6.28. The largest absolute Gasteiger partial charge is 0.433 e. The fraction of sp³-hybridized carbons (Fsp3) is 0.267. The average Bonchev–Trinajstić information content (AvgIpc) is 2.46. The minimum atomic E-state index is -4.42. The molecule has 5 heteroatoms. The standard InChI is InChI=1S/C15H12F3NO/c16-15(17,18)14-8-10(4-6-19-14)12-3-1-2-11-9-20-7-5-13(11)12/h1-4,6,8H,5,7,9H2. The smallest absolute Gasteiger partial charge is 0.376 e. The van der Waals surface area contributed by atoms with E-state index in [1.807, 2.05) is 18.2 Å². The monoisotopic (exact) mass is 279 g/mol. The molecule has 0 fully saturated rings. The molecule has 2 aromatic rings. The van der Waals surface area contributed by atoms with E-state index in [1.165, 1.54) is 6.20 Å². The summed E-state index contributed by atoms with van der Waals surface area (Å²) in [6, 6.07) is 8.35. The molecule has 1 aliphatic heterocycles. The second-order valence-electron chi connectivity index (χ2n) is 4.67. The Hall–Kier alpha value is -1.88. The molecule has 0 aliphatic carbocycles. The molecular formula is C15H12F3NO. The second-order valence-corrected chi connectivity index (χ2v) is 4.67. The van der Waals surface area contributed by atoms with Gasteiger partial charge >= 0.3 is 6.18 Å². The third kappa shape index (κ3) is 2.41. The van der Waals surface area contributed by atoms with Crippen LogP contribution in [0.2, 0.25) is 0 Å². The Morgan fingerprint density at radius 1 is 1.15 bits per heavy atom. The van der Waals surface area contributed by atoms with Crippen molar-refractivity contribution in [3.63, 3.8) is 0 Å². The number of halogens is 3. The fourth-order valence-corrected chi connectivity index (χ4v) is 2.45. The highest BCUT2D eigenvalue weighted by molar-refractivity contribution is 5.69. The lowest BCUT2D eigenvalue weighted by atomic mass is 9.93. The summed E-state index contributed by atoms with van der Waals surface area (Å²) in [5, 5.41) is 0. The van der Waals surface area contributed by atoms with E-state index in [2.05, 4.69) is 4.98 Å². The van der Waals surface area contributed by atoms with Crippen LogP contribution in [-0.2, 0) is 23.9 Å². The van der Waals surface area contributed by atoms with Gasteiger partial charge in [-0.2, -0.15) is 13.2 Å². The van der Waals surface area contributed by atoms with Gasteiger partial charge in [0.15, 0.2) is 0 Å². The first-order valence-electron chi connectivity index (χ1n) is 6.28. The Morgan fingerprint density at radius 3 is 2.80 bits per heavy atom. The molecular weight excluding hydrogens is 267 g/mol. The number of rotatable bonds is 1. The Morgan fingerprint density at radius 2 is 2.00 bits per heavy atom. The molecule has 0 saturated carbocycles. The number of pyridine rings is 1. The highest BCUT2D eigenvalue weighted by Gasteiger charge is 2.32. The molecule has 0 saturated heterocycles. The molecule has 0 bridgehead atoms. The molecule has 0 radical (unpaired) electrons. The molecule has 20 heavy (non-hydrogen) atoms. The summed E-state index contributed by atoms with van der Waals surface area (Å²) in [5.74, 6) is 0. The van der Waals surface area contributed by atoms with Crippen molar-refractivity contribution in [2.45, 2.75) is 19.2 Å². The van der Waals surface area contributed by atoms with Crippen LogP contribution in [-0.4, -0.2) is 11.6 Å². The molecule has 1 aromatic carbocycles. The molecule has 104 valence electrons. The summed E-state index contributed by atoms with van der Waals surface area (Å²) in [6.45, 7) is 1.11. The Kier molecular flexibility index (Phi) is 3.22. The normalized spacial score (nSPS) is 14.9.